The van der Waals surface area contributed by atoms with E-state index in [0.29, 0.717) is 6.42 Å². The van der Waals surface area contributed by atoms with Gasteiger partial charge in [-0.1, -0.05) is 11.6 Å². The van der Waals surface area contributed by atoms with E-state index in [1.54, 1.807) is 18.4 Å². The molecular weight excluding hydrogens is 356 g/mol. The van der Waals surface area contributed by atoms with Gasteiger partial charge in [-0.3, -0.25) is 0 Å². The molecule has 1 atom stereocenters. The van der Waals surface area contributed by atoms with E-state index in [-0.39, 0.29) is 16.6 Å². The van der Waals surface area contributed by atoms with Crippen LogP contribution in [0.5, 0.6) is 0 Å². The van der Waals surface area contributed by atoms with Gasteiger partial charge < -0.3 is 5.32 Å². The van der Waals surface area contributed by atoms with Crippen molar-refractivity contribution in [2.75, 3.05) is 7.05 Å². The lowest BCUT2D eigenvalue weighted by molar-refractivity contribution is 0.525. The summed E-state index contributed by atoms with van der Waals surface area (Å²) in [6.45, 7) is 0. The van der Waals surface area contributed by atoms with Gasteiger partial charge in [-0.15, -0.1) is 11.3 Å². The van der Waals surface area contributed by atoms with Crippen LogP contribution in [0, 0.1) is 11.6 Å². The maximum Gasteiger partial charge on any atom is 0.142 e. The minimum atomic E-state index is -0.606. The molecular formula is C13H11BrClF2NS. The lowest BCUT2D eigenvalue weighted by atomic mass is 10.0. The van der Waals surface area contributed by atoms with E-state index in [0.717, 1.165) is 21.5 Å². The Hall–Kier alpha value is -0.490. The van der Waals surface area contributed by atoms with E-state index < -0.39 is 11.6 Å². The molecule has 102 valence electrons. The zero-order valence-electron chi connectivity index (χ0n) is 10.0. The number of halogens is 4. The van der Waals surface area contributed by atoms with Crippen LogP contribution in [0.1, 0.15) is 16.5 Å². The van der Waals surface area contributed by atoms with E-state index in [9.17, 15) is 8.78 Å². The maximum absolute atomic E-state index is 13.9. The average molecular weight is 367 g/mol. The van der Waals surface area contributed by atoms with Gasteiger partial charge in [0.1, 0.15) is 11.6 Å². The first-order valence-corrected chi connectivity index (χ1v) is 7.61. The Bertz CT molecular complexity index is 588. The zero-order valence-corrected chi connectivity index (χ0v) is 13.2. The molecule has 2 aromatic rings. The largest absolute Gasteiger partial charge is 0.313 e. The van der Waals surface area contributed by atoms with Crippen LogP contribution in [-0.4, -0.2) is 7.05 Å². The average Bonchev–Trinajstić information content (AvgIpc) is 2.77. The number of likely N-dealkylation sites (N-methyl/N-ethyl adjacent to an activating group) is 1. The Morgan fingerprint density at radius 1 is 1.32 bits per heavy atom. The number of benzene rings is 1. The summed E-state index contributed by atoms with van der Waals surface area (Å²) >= 11 is 10.5. The molecule has 19 heavy (non-hydrogen) atoms. The van der Waals surface area contributed by atoms with Crippen molar-refractivity contribution in [1.82, 2.24) is 5.32 Å². The van der Waals surface area contributed by atoms with Gasteiger partial charge in [-0.05, 0) is 41.2 Å². The van der Waals surface area contributed by atoms with Gasteiger partial charge >= 0.3 is 0 Å². The van der Waals surface area contributed by atoms with Crippen LogP contribution in [0.2, 0.25) is 5.02 Å². The topological polar surface area (TPSA) is 12.0 Å². The van der Waals surface area contributed by atoms with Gasteiger partial charge in [0.2, 0.25) is 0 Å². The number of nitrogens with one attached hydrogen (secondary N) is 1. The van der Waals surface area contributed by atoms with E-state index in [2.05, 4.69) is 21.2 Å². The van der Waals surface area contributed by atoms with Crippen molar-refractivity contribution < 1.29 is 8.78 Å². The Labute approximate surface area is 127 Å². The summed E-state index contributed by atoms with van der Waals surface area (Å²) in [5.74, 6) is -1.10. The van der Waals surface area contributed by atoms with Crippen molar-refractivity contribution in [2.45, 2.75) is 12.5 Å². The molecule has 2 rings (SSSR count). The Morgan fingerprint density at radius 2 is 2.05 bits per heavy atom. The summed E-state index contributed by atoms with van der Waals surface area (Å²) in [5, 5.41) is 4.77. The SMILES string of the molecule is CNC(Cc1cc(Br)cs1)c1cc(F)c(Cl)cc1F. The van der Waals surface area contributed by atoms with E-state index in [1.165, 1.54) is 0 Å². The molecule has 6 heteroatoms. The second-order valence-electron chi connectivity index (χ2n) is 4.06. The first-order valence-electron chi connectivity index (χ1n) is 5.56. The molecule has 0 saturated heterocycles. The van der Waals surface area contributed by atoms with Crippen LogP contribution in [-0.2, 0) is 6.42 Å². The summed E-state index contributed by atoms with van der Waals surface area (Å²) in [7, 11) is 1.72. The fraction of sp³-hybridized carbons (Fsp3) is 0.231. The van der Waals surface area contributed by atoms with Gasteiger partial charge in [0.25, 0.3) is 0 Å². The van der Waals surface area contributed by atoms with Gasteiger partial charge in [0, 0.05) is 32.8 Å². The monoisotopic (exact) mass is 365 g/mol. The zero-order chi connectivity index (χ0) is 14.0. The highest BCUT2D eigenvalue weighted by atomic mass is 79.9. The van der Waals surface area contributed by atoms with Crippen LogP contribution in [0.3, 0.4) is 0 Å². The molecule has 0 aliphatic carbocycles. The lowest BCUT2D eigenvalue weighted by Crippen LogP contribution is -2.20. The van der Waals surface area contributed by atoms with Crippen LogP contribution in [0.4, 0.5) is 8.78 Å². The summed E-state index contributed by atoms with van der Waals surface area (Å²) in [6, 6.07) is 3.85. The Balaban J connectivity index is 2.29. The summed E-state index contributed by atoms with van der Waals surface area (Å²) in [4.78, 5) is 1.08. The molecule has 0 saturated carbocycles. The predicted molar refractivity (Wildman–Crippen MR) is 78.9 cm³/mol. The molecule has 0 radical (unpaired) electrons. The van der Waals surface area contributed by atoms with Crippen LogP contribution >= 0.6 is 38.9 Å². The second-order valence-corrected chi connectivity index (χ2v) is 6.38. The number of hydrogen-bond donors (Lipinski definition) is 1. The third-order valence-corrected chi connectivity index (χ3v) is 4.80. The minimum Gasteiger partial charge on any atom is -0.313 e. The molecule has 0 amide bonds. The lowest BCUT2D eigenvalue weighted by Gasteiger charge is -2.17. The number of thiophene rings is 1. The fourth-order valence-corrected chi connectivity index (χ4v) is 3.48. The van der Waals surface area contributed by atoms with Gasteiger partial charge in [-0.25, -0.2) is 8.78 Å². The third kappa shape index (κ3) is 3.54. The normalized spacial score (nSPS) is 12.7. The van der Waals surface area contributed by atoms with Crippen molar-refractivity contribution >= 4 is 38.9 Å². The van der Waals surface area contributed by atoms with Gasteiger partial charge in [-0.2, -0.15) is 0 Å². The quantitative estimate of drug-likeness (QED) is 0.755. The molecule has 0 aliphatic heterocycles. The molecule has 1 nitrogen and oxygen atoms in total. The second kappa shape index (κ2) is 6.31. The van der Waals surface area contributed by atoms with Crippen molar-refractivity contribution in [3.8, 4) is 0 Å². The smallest absolute Gasteiger partial charge is 0.142 e. The van der Waals surface area contributed by atoms with E-state index in [1.807, 2.05) is 11.4 Å². The third-order valence-electron chi connectivity index (χ3n) is 2.79. The molecule has 0 aliphatic rings. The van der Waals surface area contributed by atoms with Crippen LogP contribution in [0.25, 0.3) is 0 Å². The predicted octanol–water partition coefficient (Wildman–Crippen LogP) is 4.95. The summed E-state index contributed by atoms with van der Waals surface area (Å²) in [5.41, 5.74) is 0.286. The molecule has 0 fully saturated rings. The first kappa shape index (κ1) is 14.9. The summed E-state index contributed by atoms with van der Waals surface area (Å²) < 4.78 is 28.3. The maximum atomic E-state index is 13.9. The standard InChI is InChI=1S/C13H11BrClF2NS/c1-18-13(3-8-2-7(14)6-19-8)9-4-12(17)10(15)5-11(9)16/h2,4-6,13,18H,3H2,1H3. The number of hydrogen-bond acceptors (Lipinski definition) is 2. The van der Waals surface area contributed by atoms with Crippen LogP contribution in [0.15, 0.2) is 28.1 Å². The Morgan fingerprint density at radius 3 is 2.63 bits per heavy atom. The molecule has 0 spiro atoms. The number of rotatable bonds is 4. The van der Waals surface area contributed by atoms with Gasteiger partial charge in [0.15, 0.2) is 0 Å². The fourth-order valence-electron chi connectivity index (χ4n) is 1.83. The first-order chi connectivity index (χ1) is 9.01. The summed E-state index contributed by atoms with van der Waals surface area (Å²) in [6.07, 6.45) is 0.588. The molecule has 1 N–H and O–H groups in total. The van der Waals surface area contributed by atoms with Gasteiger partial charge in [0.05, 0.1) is 5.02 Å². The van der Waals surface area contributed by atoms with E-state index in [4.69, 9.17) is 11.6 Å². The van der Waals surface area contributed by atoms with Crippen molar-refractivity contribution in [1.29, 1.82) is 0 Å². The van der Waals surface area contributed by atoms with Crippen molar-refractivity contribution in [3.05, 3.63) is 55.1 Å². The van der Waals surface area contributed by atoms with E-state index >= 15 is 0 Å². The molecule has 1 unspecified atom stereocenters. The molecule has 0 bridgehead atoms. The van der Waals surface area contributed by atoms with Crippen molar-refractivity contribution in [2.24, 2.45) is 0 Å². The van der Waals surface area contributed by atoms with Crippen molar-refractivity contribution in [3.63, 3.8) is 0 Å². The Kier molecular flexibility index (Phi) is 4.95. The highest BCUT2D eigenvalue weighted by Gasteiger charge is 2.18. The molecule has 1 heterocycles. The minimum absolute atomic E-state index is 0.199. The molecule has 1 aromatic carbocycles. The highest BCUT2D eigenvalue weighted by molar-refractivity contribution is 9.10. The van der Waals surface area contributed by atoms with Crippen LogP contribution < -0.4 is 5.32 Å². The highest BCUT2D eigenvalue weighted by Crippen LogP contribution is 2.29. The molecule has 1 aromatic heterocycles.